The number of hydrogen-bond acceptors (Lipinski definition) is 5. The standard InChI is InChI=1S/C11H16N4O3S/c1-2-12-10-4-3-9(7-13-10)19(17,18)15-8-5-11(16)14-6-8/h3-4,7-8,15H,2,5-6H2,1H3,(H,12,13)(H,14,16). The fourth-order valence-electron chi connectivity index (χ4n) is 1.80. The zero-order valence-electron chi connectivity index (χ0n) is 10.5. The minimum Gasteiger partial charge on any atom is -0.370 e. The van der Waals surface area contributed by atoms with E-state index in [1.807, 2.05) is 6.92 Å². The van der Waals surface area contributed by atoms with Gasteiger partial charge in [-0.05, 0) is 19.1 Å². The maximum absolute atomic E-state index is 12.1. The number of carbonyl (C=O) groups excluding carboxylic acids is 1. The van der Waals surface area contributed by atoms with Gasteiger partial charge in [-0.1, -0.05) is 0 Å². The van der Waals surface area contributed by atoms with Gasteiger partial charge in [-0.3, -0.25) is 4.79 Å². The molecule has 0 saturated carbocycles. The minimum atomic E-state index is -3.63. The average molecular weight is 284 g/mol. The number of hydrogen-bond donors (Lipinski definition) is 3. The summed E-state index contributed by atoms with van der Waals surface area (Å²) < 4.78 is 26.6. The second kappa shape index (κ2) is 5.54. The number of rotatable bonds is 5. The van der Waals surface area contributed by atoms with Crippen LogP contribution in [-0.2, 0) is 14.8 Å². The molecule has 0 bridgehead atoms. The molecule has 1 unspecified atom stereocenters. The number of carbonyl (C=O) groups is 1. The molecule has 19 heavy (non-hydrogen) atoms. The summed E-state index contributed by atoms with van der Waals surface area (Å²) in [5.74, 6) is 0.479. The molecule has 0 spiro atoms. The van der Waals surface area contributed by atoms with E-state index < -0.39 is 16.1 Å². The fraction of sp³-hybridized carbons (Fsp3) is 0.455. The van der Waals surface area contributed by atoms with Crippen molar-refractivity contribution in [2.24, 2.45) is 0 Å². The fourth-order valence-corrected chi connectivity index (χ4v) is 2.98. The van der Waals surface area contributed by atoms with Gasteiger partial charge in [0.2, 0.25) is 15.9 Å². The molecule has 3 N–H and O–H groups in total. The quantitative estimate of drug-likeness (QED) is 0.688. The number of sulfonamides is 1. The molecule has 1 aromatic rings. The number of nitrogens with one attached hydrogen (secondary N) is 3. The summed E-state index contributed by atoms with van der Waals surface area (Å²) in [5.41, 5.74) is 0. The molecule has 2 heterocycles. The smallest absolute Gasteiger partial charge is 0.242 e. The Balaban J connectivity index is 2.08. The third kappa shape index (κ3) is 3.42. The van der Waals surface area contributed by atoms with Crippen LogP contribution in [0.4, 0.5) is 5.82 Å². The van der Waals surface area contributed by atoms with Gasteiger partial charge in [0.1, 0.15) is 10.7 Å². The summed E-state index contributed by atoms with van der Waals surface area (Å²) in [5, 5.41) is 5.56. The SMILES string of the molecule is CCNc1ccc(S(=O)(=O)NC2CNC(=O)C2)cn1. The van der Waals surface area contributed by atoms with E-state index in [9.17, 15) is 13.2 Å². The van der Waals surface area contributed by atoms with Crippen LogP contribution in [-0.4, -0.2) is 38.4 Å². The highest BCUT2D eigenvalue weighted by Crippen LogP contribution is 2.12. The van der Waals surface area contributed by atoms with Crippen LogP contribution in [0, 0.1) is 0 Å². The van der Waals surface area contributed by atoms with Crippen LogP contribution < -0.4 is 15.4 Å². The Morgan fingerprint density at radius 3 is 2.79 bits per heavy atom. The van der Waals surface area contributed by atoms with Gasteiger partial charge in [-0.15, -0.1) is 0 Å². The Labute approximate surface area is 111 Å². The normalized spacial score (nSPS) is 19.2. The second-order valence-corrected chi connectivity index (χ2v) is 5.95. The van der Waals surface area contributed by atoms with Crippen LogP contribution in [0.2, 0.25) is 0 Å². The summed E-state index contributed by atoms with van der Waals surface area (Å²) in [6, 6.07) is 2.69. The van der Waals surface area contributed by atoms with Gasteiger partial charge in [-0.25, -0.2) is 18.1 Å². The molecule has 1 fully saturated rings. The van der Waals surface area contributed by atoms with Gasteiger partial charge in [0.15, 0.2) is 0 Å². The van der Waals surface area contributed by atoms with E-state index >= 15 is 0 Å². The highest BCUT2D eigenvalue weighted by molar-refractivity contribution is 7.89. The van der Waals surface area contributed by atoms with Gasteiger partial charge < -0.3 is 10.6 Å². The van der Waals surface area contributed by atoms with Gasteiger partial charge in [0.25, 0.3) is 0 Å². The zero-order chi connectivity index (χ0) is 13.9. The molecule has 1 aliphatic rings. The summed E-state index contributed by atoms with van der Waals surface area (Å²) in [4.78, 5) is 15.1. The molecule has 1 aromatic heterocycles. The first-order chi connectivity index (χ1) is 9.01. The molecule has 1 amide bonds. The van der Waals surface area contributed by atoms with E-state index in [0.717, 1.165) is 0 Å². The van der Waals surface area contributed by atoms with Crippen LogP contribution >= 0.6 is 0 Å². The number of aromatic nitrogens is 1. The highest BCUT2D eigenvalue weighted by Gasteiger charge is 2.26. The van der Waals surface area contributed by atoms with Crippen molar-refractivity contribution >= 4 is 21.7 Å². The molecule has 0 aliphatic carbocycles. The van der Waals surface area contributed by atoms with E-state index in [1.54, 1.807) is 6.07 Å². The first-order valence-corrected chi connectivity index (χ1v) is 7.48. The first-order valence-electron chi connectivity index (χ1n) is 6.00. The lowest BCUT2D eigenvalue weighted by Gasteiger charge is -2.11. The highest BCUT2D eigenvalue weighted by atomic mass is 32.2. The number of nitrogens with zero attached hydrogens (tertiary/aromatic N) is 1. The van der Waals surface area contributed by atoms with E-state index in [-0.39, 0.29) is 17.2 Å². The summed E-state index contributed by atoms with van der Waals surface area (Å²) in [7, 11) is -3.63. The molecule has 7 nitrogen and oxygen atoms in total. The van der Waals surface area contributed by atoms with Crippen molar-refractivity contribution in [2.75, 3.05) is 18.4 Å². The lowest BCUT2D eigenvalue weighted by Crippen LogP contribution is -2.36. The maximum Gasteiger partial charge on any atom is 0.242 e. The number of anilines is 1. The largest absolute Gasteiger partial charge is 0.370 e. The van der Waals surface area contributed by atoms with Crippen LogP contribution in [0.3, 0.4) is 0 Å². The van der Waals surface area contributed by atoms with Crippen molar-refractivity contribution in [2.45, 2.75) is 24.3 Å². The summed E-state index contributed by atoms with van der Waals surface area (Å²) >= 11 is 0. The first kappa shape index (κ1) is 13.8. The van der Waals surface area contributed by atoms with Crippen molar-refractivity contribution in [1.82, 2.24) is 15.0 Å². The minimum absolute atomic E-state index is 0.0912. The van der Waals surface area contributed by atoms with E-state index in [4.69, 9.17) is 0 Å². The molecule has 1 saturated heterocycles. The van der Waals surface area contributed by atoms with Gasteiger partial charge in [0.05, 0.1) is 0 Å². The van der Waals surface area contributed by atoms with Crippen molar-refractivity contribution in [1.29, 1.82) is 0 Å². The Bertz CT molecular complexity index is 556. The van der Waals surface area contributed by atoms with Crippen molar-refractivity contribution in [3.63, 3.8) is 0 Å². The molecule has 1 aliphatic heterocycles. The molecule has 8 heteroatoms. The van der Waals surface area contributed by atoms with Crippen LogP contribution in [0.1, 0.15) is 13.3 Å². The molecule has 0 aromatic carbocycles. The van der Waals surface area contributed by atoms with Crippen molar-refractivity contribution < 1.29 is 13.2 Å². The molecular weight excluding hydrogens is 268 g/mol. The van der Waals surface area contributed by atoms with Crippen molar-refractivity contribution in [3.05, 3.63) is 18.3 Å². The van der Waals surface area contributed by atoms with Gasteiger partial charge >= 0.3 is 0 Å². The Morgan fingerprint density at radius 2 is 2.26 bits per heavy atom. The number of amides is 1. The molecular formula is C11H16N4O3S. The Hall–Kier alpha value is -1.67. The third-order valence-electron chi connectivity index (χ3n) is 2.70. The van der Waals surface area contributed by atoms with Crippen LogP contribution in [0.15, 0.2) is 23.2 Å². The summed E-state index contributed by atoms with van der Waals surface area (Å²) in [6.45, 7) is 2.96. The lowest BCUT2D eigenvalue weighted by atomic mass is 10.3. The molecule has 0 radical (unpaired) electrons. The number of pyridine rings is 1. The molecule has 1 atom stereocenters. The Morgan fingerprint density at radius 1 is 1.47 bits per heavy atom. The van der Waals surface area contributed by atoms with Gasteiger partial charge in [-0.2, -0.15) is 0 Å². The monoisotopic (exact) mass is 284 g/mol. The summed E-state index contributed by atoms with van der Waals surface area (Å²) in [6.07, 6.45) is 1.46. The molecule has 2 rings (SSSR count). The lowest BCUT2D eigenvalue weighted by molar-refractivity contribution is -0.119. The van der Waals surface area contributed by atoms with E-state index in [2.05, 4.69) is 20.3 Å². The van der Waals surface area contributed by atoms with E-state index in [0.29, 0.717) is 18.9 Å². The van der Waals surface area contributed by atoms with E-state index in [1.165, 1.54) is 12.3 Å². The Kier molecular flexibility index (Phi) is 4.01. The second-order valence-electron chi connectivity index (χ2n) is 4.24. The topological polar surface area (TPSA) is 100 Å². The van der Waals surface area contributed by atoms with Gasteiger partial charge in [0, 0.05) is 31.7 Å². The van der Waals surface area contributed by atoms with Crippen LogP contribution in [0.5, 0.6) is 0 Å². The third-order valence-corrected chi connectivity index (χ3v) is 4.21. The average Bonchev–Trinajstić information content (AvgIpc) is 2.75. The maximum atomic E-state index is 12.1. The predicted octanol–water partition coefficient (Wildman–Crippen LogP) is -0.320. The zero-order valence-corrected chi connectivity index (χ0v) is 11.3. The molecule has 104 valence electrons. The van der Waals surface area contributed by atoms with Crippen molar-refractivity contribution in [3.8, 4) is 0 Å². The van der Waals surface area contributed by atoms with Crippen LogP contribution in [0.25, 0.3) is 0 Å². The predicted molar refractivity (Wildman–Crippen MR) is 70.1 cm³/mol.